The van der Waals surface area contributed by atoms with E-state index in [0.29, 0.717) is 26.7 Å². The molecule has 0 radical (unpaired) electrons. The first-order valence-electron chi connectivity index (χ1n) is 8.99. The molecule has 0 spiro atoms. The van der Waals surface area contributed by atoms with Gasteiger partial charge in [0.1, 0.15) is 11.1 Å². The van der Waals surface area contributed by atoms with Gasteiger partial charge in [0.05, 0.1) is 15.7 Å². The van der Waals surface area contributed by atoms with E-state index in [1.807, 2.05) is 0 Å². The molecular formula is C21H13Cl3N2O5. The van der Waals surface area contributed by atoms with Gasteiger partial charge in [-0.15, -0.1) is 0 Å². The van der Waals surface area contributed by atoms with Gasteiger partial charge in [-0.25, -0.2) is 4.79 Å². The monoisotopic (exact) mass is 478 g/mol. The quantitative estimate of drug-likeness (QED) is 0.370. The van der Waals surface area contributed by atoms with Crippen LogP contribution in [0.25, 0.3) is 22.4 Å². The highest BCUT2D eigenvalue weighted by Crippen LogP contribution is 2.33. The first kappa shape index (κ1) is 21.2. The van der Waals surface area contributed by atoms with E-state index >= 15 is 0 Å². The number of carboxylic acids is 1. The molecule has 0 atom stereocenters. The van der Waals surface area contributed by atoms with Crippen molar-refractivity contribution in [2.24, 2.45) is 0 Å². The highest BCUT2D eigenvalue weighted by Gasteiger charge is 2.24. The Hall–Kier alpha value is -3.00. The van der Waals surface area contributed by atoms with Gasteiger partial charge in [-0.1, -0.05) is 40.9 Å². The summed E-state index contributed by atoms with van der Waals surface area (Å²) < 4.78 is 12.8. The summed E-state index contributed by atoms with van der Waals surface area (Å²) in [5.41, 5.74) is 0.261. The van der Waals surface area contributed by atoms with Gasteiger partial charge in [0.2, 0.25) is 11.3 Å². The first-order chi connectivity index (χ1) is 14.8. The number of carbonyl (C=O) groups is 1. The van der Waals surface area contributed by atoms with Gasteiger partial charge >= 0.3 is 12.0 Å². The Morgan fingerprint density at radius 2 is 1.90 bits per heavy atom. The number of halogens is 3. The van der Waals surface area contributed by atoms with Gasteiger partial charge < -0.3 is 18.8 Å². The predicted octanol–water partition coefficient (Wildman–Crippen LogP) is 6.13. The summed E-state index contributed by atoms with van der Waals surface area (Å²) in [6, 6.07) is 10.6. The maximum absolute atomic E-state index is 12.7. The van der Waals surface area contributed by atoms with E-state index in [4.69, 9.17) is 44.0 Å². The van der Waals surface area contributed by atoms with Crippen LogP contribution in [0.5, 0.6) is 12.0 Å². The summed E-state index contributed by atoms with van der Waals surface area (Å²) in [6.45, 7) is 2.05. The summed E-state index contributed by atoms with van der Waals surface area (Å²) in [5, 5.41) is 10.7. The zero-order valence-electron chi connectivity index (χ0n) is 15.9. The molecule has 10 heteroatoms. The van der Waals surface area contributed by atoms with E-state index in [-0.39, 0.29) is 29.2 Å². The van der Waals surface area contributed by atoms with Crippen LogP contribution in [-0.4, -0.2) is 20.6 Å². The van der Waals surface area contributed by atoms with Crippen molar-refractivity contribution < 1.29 is 19.1 Å². The van der Waals surface area contributed by atoms with Crippen molar-refractivity contribution in [1.82, 2.24) is 9.55 Å². The molecule has 0 amide bonds. The first-order valence-corrected chi connectivity index (χ1v) is 10.1. The number of hydrogen-bond donors (Lipinski definition) is 1. The van der Waals surface area contributed by atoms with Crippen LogP contribution in [0.15, 0.2) is 51.7 Å². The van der Waals surface area contributed by atoms with E-state index in [1.54, 1.807) is 31.2 Å². The summed E-state index contributed by atoms with van der Waals surface area (Å²) in [7, 11) is 0. The predicted molar refractivity (Wildman–Crippen MR) is 118 cm³/mol. The van der Waals surface area contributed by atoms with E-state index in [1.165, 1.54) is 16.7 Å². The normalized spacial score (nSPS) is 11.1. The molecule has 0 aliphatic carbocycles. The minimum Gasteiger partial charge on any atom is -0.477 e. The Kier molecular flexibility index (Phi) is 5.66. The Labute approximate surface area is 190 Å². The van der Waals surface area contributed by atoms with E-state index in [0.717, 1.165) is 6.07 Å². The van der Waals surface area contributed by atoms with E-state index in [2.05, 4.69) is 4.98 Å². The lowest BCUT2D eigenvalue weighted by atomic mass is 10.0. The topological polar surface area (TPSA) is 94.6 Å². The molecule has 4 rings (SSSR count). The zero-order chi connectivity index (χ0) is 22.3. The fraction of sp³-hybridized carbons (Fsp3) is 0.0952. The van der Waals surface area contributed by atoms with Crippen LogP contribution in [0.4, 0.5) is 0 Å². The number of ether oxygens (including phenoxy) is 1. The molecule has 31 heavy (non-hydrogen) atoms. The van der Waals surface area contributed by atoms with Crippen molar-refractivity contribution in [1.29, 1.82) is 0 Å². The number of nitrogens with zero attached hydrogens (tertiary/aromatic N) is 2. The van der Waals surface area contributed by atoms with Gasteiger partial charge in [0.25, 0.3) is 0 Å². The molecule has 158 valence electrons. The van der Waals surface area contributed by atoms with Crippen LogP contribution in [-0.2, 0) is 6.54 Å². The Balaban J connectivity index is 1.92. The standard InChI is InChI=1S/C21H13Cl3N2O5/c1-2-26-17(31-21-25-14-6-4-11(22)8-16(14)30-21)9-15(27)18(20(28)29)19(26)10-3-5-12(23)13(24)7-10/h3-9H,2H2,1H3,(H,28,29). The Morgan fingerprint density at radius 1 is 1.13 bits per heavy atom. The van der Waals surface area contributed by atoms with Crippen LogP contribution in [0.3, 0.4) is 0 Å². The number of fused-ring (bicyclic) bond motifs is 1. The number of pyridine rings is 1. The summed E-state index contributed by atoms with van der Waals surface area (Å²) in [4.78, 5) is 28.8. The minimum atomic E-state index is -1.38. The molecule has 2 heterocycles. The fourth-order valence-corrected chi connectivity index (χ4v) is 3.64. The van der Waals surface area contributed by atoms with Crippen molar-refractivity contribution in [3.8, 4) is 23.2 Å². The number of benzene rings is 2. The summed E-state index contributed by atoms with van der Waals surface area (Å²) in [6.07, 6.45) is -0.123. The average molecular weight is 480 g/mol. The van der Waals surface area contributed by atoms with E-state index in [9.17, 15) is 14.7 Å². The largest absolute Gasteiger partial charge is 0.477 e. The SMILES string of the molecule is CCn1c(Oc2nc3ccc(Cl)cc3o2)cc(=O)c(C(=O)O)c1-c1ccc(Cl)c(Cl)c1. The molecular weight excluding hydrogens is 467 g/mol. The number of carboxylic acid groups (broad SMARTS) is 1. The number of rotatable bonds is 5. The van der Waals surface area contributed by atoms with Crippen molar-refractivity contribution in [2.75, 3.05) is 0 Å². The highest BCUT2D eigenvalue weighted by molar-refractivity contribution is 6.42. The minimum absolute atomic E-state index is 0.0521. The lowest BCUT2D eigenvalue weighted by molar-refractivity contribution is 0.0695. The second-order valence-electron chi connectivity index (χ2n) is 6.44. The molecule has 0 fully saturated rings. The number of hydrogen-bond acceptors (Lipinski definition) is 5. The lowest BCUT2D eigenvalue weighted by Crippen LogP contribution is -2.21. The maximum Gasteiger partial charge on any atom is 0.401 e. The third-order valence-electron chi connectivity index (χ3n) is 4.52. The second-order valence-corrected chi connectivity index (χ2v) is 7.69. The van der Waals surface area contributed by atoms with Gasteiger partial charge in [-0.05, 0) is 31.2 Å². The number of oxazole rings is 1. The lowest BCUT2D eigenvalue weighted by Gasteiger charge is -2.18. The molecule has 0 aliphatic rings. The maximum atomic E-state index is 12.7. The van der Waals surface area contributed by atoms with Crippen LogP contribution >= 0.6 is 34.8 Å². The highest BCUT2D eigenvalue weighted by atomic mass is 35.5. The van der Waals surface area contributed by atoms with Gasteiger partial charge in [0, 0.05) is 29.3 Å². The van der Waals surface area contributed by atoms with E-state index < -0.39 is 17.0 Å². The molecule has 0 aliphatic heterocycles. The summed E-state index contributed by atoms with van der Waals surface area (Å²) >= 11 is 18.1. The van der Waals surface area contributed by atoms with Gasteiger partial charge in [0.15, 0.2) is 5.58 Å². The van der Waals surface area contributed by atoms with Gasteiger partial charge in [-0.3, -0.25) is 4.79 Å². The zero-order valence-corrected chi connectivity index (χ0v) is 18.1. The van der Waals surface area contributed by atoms with Crippen LogP contribution < -0.4 is 10.2 Å². The molecule has 2 aromatic carbocycles. The fourth-order valence-electron chi connectivity index (χ4n) is 3.18. The Bertz CT molecular complexity index is 1390. The van der Waals surface area contributed by atoms with Crippen molar-refractivity contribution >= 4 is 51.9 Å². The smallest absolute Gasteiger partial charge is 0.401 e. The Morgan fingerprint density at radius 3 is 2.58 bits per heavy atom. The van der Waals surface area contributed by atoms with Crippen molar-refractivity contribution in [2.45, 2.75) is 13.5 Å². The molecule has 0 unspecified atom stereocenters. The van der Waals surface area contributed by atoms with Gasteiger partial charge in [-0.2, -0.15) is 4.98 Å². The third-order valence-corrected chi connectivity index (χ3v) is 5.49. The third kappa shape index (κ3) is 3.99. The van der Waals surface area contributed by atoms with Crippen LogP contribution in [0.2, 0.25) is 15.1 Å². The molecule has 7 nitrogen and oxygen atoms in total. The number of aromatic carboxylic acids is 1. The van der Waals surface area contributed by atoms with Crippen LogP contribution in [0, 0.1) is 0 Å². The van der Waals surface area contributed by atoms with Crippen molar-refractivity contribution in [3.05, 3.63) is 73.3 Å². The number of aromatic nitrogens is 2. The molecule has 1 N–H and O–H groups in total. The molecule has 0 saturated heterocycles. The molecule has 4 aromatic rings. The van der Waals surface area contributed by atoms with Crippen LogP contribution in [0.1, 0.15) is 17.3 Å². The average Bonchev–Trinajstić information content (AvgIpc) is 3.10. The molecule has 0 bridgehead atoms. The molecule has 2 aromatic heterocycles. The molecule has 0 saturated carbocycles. The van der Waals surface area contributed by atoms with Crippen molar-refractivity contribution in [3.63, 3.8) is 0 Å². The second kappa shape index (κ2) is 8.26. The summed E-state index contributed by atoms with van der Waals surface area (Å²) in [5.74, 6) is -1.33.